The number of likely N-dealkylation sites (tertiary alicyclic amines) is 1. The third kappa shape index (κ3) is 4.83. The molecule has 5 rings (SSSR count). The fraction of sp³-hybridized carbons (Fsp3) is 0.400. The summed E-state index contributed by atoms with van der Waals surface area (Å²) in [7, 11) is 0. The number of hydrogen-bond donors (Lipinski definition) is 2. The molecule has 2 fully saturated rings. The van der Waals surface area contributed by atoms with Crippen molar-refractivity contribution in [3.63, 3.8) is 0 Å². The van der Waals surface area contributed by atoms with Crippen molar-refractivity contribution in [1.29, 1.82) is 0 Å². The van der Waals surface area contributed by atoms with E-state index in [2.05, 4.69) is 50.4 Å². The second-order valence-corrected chi connectivity index (χ2v) is 9.05. The molecule has 3 aromatic rings. The molecule has 2 aliphatic heterocycles. The first-order valence-electron chi connectivity index (χ1n) is 11.5. The van der Waals surface area contributed by atoms with Gasteiger partial charge in [-0.3, -0.25) is 10.00 Å². The van der Waals surface area contributed by atoms with Crippen LogP contribution in [-0.2, 0) is 0 Å². The molecule has 2 saturated heterocycles. The van der Waals surface area contributed by atoms with E-state index in [4.69, 9.17) is 9.97 Å². The summed E-state index contributed by atoms with van der Waals surface area (Å²) in [6.07, 6.45) is 6.66. The highest BCUT2D eigenvalue weighted by atomic mass is 15.3. The Labute approximate surface area is 189 Å². The van der Waals surface area contributed by atoms with Crippen LogP contribution in [0.5, 0.6) is 0 Å². The topological polar surface area (TPSA) is 73.0 Å². The smallest absolute Gasteiger partial charge is 0.156 e. The van der Waals surface area contributed by atoms with E-state index in [0.29, 0.717) is 11.9 Å². The molecule has 0 atom stereocenters. The molecule has 0 amide bonds. The average Bonchev–Trinajstić information content (AvgIpc) is 3.18. The van der Waals surface area contributed by atoms with Gasteiger partial charge < -0.3 is 10.2 Å². The standard InChI is InChI=1S/C25H31N7/c1-18-10-12-31(13-11-18)21-16-32(17-21)25-15-23(27-24-14-19(2)29-30-24)26-22(28-25)9-8-20-6-4-3-5-7-20/h3-9,14-15,18,21H,10-13,16-17H2,1-2H3,(H2,26,27,28,29,30)/b9-8+. The summed E-state index contributed by atoms with van der Waals surface area (Å²) < 4.78 is 0. The zero-order valence-corrected chi connectivity index (χ0v) is 18.8. The minimum absolute atomic E-state index is 0.631. The molecule has 2 aromatic heterocycles. The summed E-state index contributed by atoms with van der Waals surface area (Å²) in [4.78, 5) is 14.6. The predicted octanol–water partition coefficient (Wildman–Crippen LogP) is 4.34. The number of nitrogens with zero attached hydrogens (tertiary/aromatic N) is 5. The quantitative estimate of drug-likeness (QED) is 0.607. The van der Waals surface area contributed by atoms with Crippen LogP contribution in [0.4, 0.5) is 17.5 Å². The first kappa shape index (κ1) is 20.7. The van der Waals surface area contributed by atoms with E-state index < -0.39 is 0 Å². The summed E-state index contributed by atoms with van der Waals surface area (Å²) in [5.74, 6) is 4.03. The van der Waals surface area contributed by atoms with Gasteiger partial charge in [-0.1, -0.05) is 43.3 Å². The van der Waals surface area contributed by atoms with Gasteiger partial charge in [0.2, 0.25) is 0 Å². The third-order valence-corrected chi connectivity index (χ3v) is 6.44. The number of nitrogens with one attached hydrogen (secondary N) is 2. The van der Waals surface area contributed by atoms with Gasteiger partial charge >= 0.3 is 0 Å². The first-order chi connectivity index (χ1) is 15.6. The van der Waals surface area contributed by atoms with Gasteiger partial charge in [0.25, 0.3) is 0 Å². The molecule has 7 heteroatoms. The van der Waals surface area contributed by atoms with Crippen LogP contribution in [0.2, 0.25) is 0 Å². The number of benzene rings is 1. The summed E-state index contributed by atoms with van der Waals surface area (Å²) in [5.41, 5.74) is 2.13. The Morgan fingerprint density at radius 3 is 2.50 bits per heavy atom. The molecule has 166 valence electrons. The van der Waals surface area contributed by atoms with Gasteiger partial charge in [-0.15, -0.1) is 0 Å². The minimum atomic E-state index is 0.631. The van der Waals surface area contributed by atoms with Gasteiger partial charge in [0, 0.05) is 37.0 Å². The Balaban J connectivity index is 1.34. The molecule has 0 spiro atoms. The Morgan fingerprint density at radius 1 is 1.00 bits per heavy atom. The fourth-order valence-corrected chi connectivity index (χ4v) is 4.37. The van der Waals surface area contributed by atoms with E-state index in [1.807, 2.05) is 43.3 Å². The van der Waals surface area contributed by atoms with Crippen molar-refractivity contribution in [2.75, 3.05) is 36.4 Å². The average molecular weight is 430 g/mol. The summed E-state index contributed by atoms with van der Waals surface area (Å²) in [6.45, 7) is 8.84. The third-order valence-electron chi connectivity index (χ3n) is 6.44. The van der Waals surface area contributed by atoms with E-state index in [0.717, 1.165) is 47.7 Å². The van der Waals surface area contributed by atoms with Gasteiger partial charge in [-0.05, 0) is 50.4 Å². The number of aryl methyl sites for hydroxylation is 1. The SMILES string of the molecule is Cc1cc(Nc2cc(N3CC(N4CCC(C)CC4)C3)nc(/C=C/c3ccccc3)n2)n[nH]1. The van der Waals surface area contributed by atoms with Crippen LogP contribution in [0.15, 0.2) is 42.5 Å². The van der Waals surface area contributed by atoms with E-state index >= 15 is 0 Å². The van der Waals surface area contributed by atoms with Crippen molar-refractivity contribution in [2.45, 2.75) is 32.7 Å². The normalized spacial score (nSPS) is 18.2. The Hall–Kier alpha value is -3.19. The van der Waals surface area contributed by atoms with Crippen LogP contribution in [0, 0.1) is 12.8 Å². The molecule has 7 nitrogen and oxygen atoms in total. The van der Waals surface area contributed by atoms with Crippen molar-refractivity contribution in [1.82, 2.24) is 25.1 Å². The van der Waals surface area contributed by atoms with E-state index in [-0.39, 0.29) is 0 Å². The largest absolute Gasteiger partial charge is 0.353 e. The number of rotatable bonds is 6. The molecule has 0 radical (unpaired) electrons. The van der Waals surface area contributed by atoms with Crippen LogP contribution in [0.1, 0.15) is 36.8 Å². The minimum Gasteiger partial charge on any atom is -0.353 e. The second-order valence-electron chi connectivity index (χ2n) is 9.05. The Kier molecular flexibility index (Phi) is 5.90. The van der Waals surface area contributed by atoms with Crippen molar-refractivity contribution in [2.24, 2.45) is 5.92 Å². The van der Waals surface area contributed by atoms with Crippen LogP contribution < -0.4 is 10.2 Å². The van der Waals surface area contributed by atoms with Crippen LogP contribution in [-0.4, -0.2) is 57.3 Å². The molecule has 1 aromatic carbocycles. The lowest BCUT2D eigenvalue weighted by Gasteiger charge is -2.48. The van der Waals surface area contributed by atoms with Gasteiger partial charge in [0.15, 0.2) is 11.6 Å². The molecule has 4 heterocycles. The molecule has 2 aliphatic rings. The number of anilines is 3. The van der Waals surface area contributed by atoms with Crippen molar-refractivity contribution in [3.05, 3.63) is 59.5 Å². The van der Waals surface area contributed by atoms with E-state index in [1.54, 1.807) is 0 Å². The van der Waals surface area contributed by atoms with Crippen LogP contribution in [0.25, 0.3) is 12.2 Å². The summed E-state index contributed by atoms with van der Waals surface area (Å²) in [6, 6.07) is 14.9. The van der Waals surface area contributed by atoms with Crippen molar-refractivity contribution < 1.29 is 0 Å². The number of piperidine rings is 1. The Bertz CT molecular complexity index is 1060. The second kappa shape index (κ2) is 9.12. The Morgan fingerprint density at radius 2 is 1.78 bits per heavy atom. The lowest BCUT2D eigenvalue weighted by Crippen LogP contribution is -2.61. The van der Waals surface area contributed by atoms with Gasteiger partial charge in [-0.2, -0.15) is 5.10 Å². The zero-order valence-electron chi connectivity index (χ0n) is 18.8. The zero-order chi connectivity index (χ0) is 21.9. The predicted molar refractivity (Wildman–Crippen MR) is 130 cm³/mol. The maximum Gasteiger partial charge on any atom is 0.156 e. The van der Waals surface area contributed by atoms with Gasteiger partial charge in [-0.25, -0.2) is 9.97 Å². The number of hydrogen-bond acceptors (Lipinski definition) is 6. The maximum absolute atomic E-state index is 4.85. The lowest BCUT2D eigenvalue weighted by molar-refractivity contribution is 0.117. The molecular formula is C25H31N7. The molecule has 0 aliphatic carbocycles. The highest BCUT2D eigenvalue weighted by Crippen LogP contribution is 2.28. The number of aromatic nitrogens is 4. The molecular weight excluding hydrogens is 398 g/mol. The van der Waals surface area contributed by atoms with Crippen molar-refractivity contribution in [3.8, 4) is 0 Å². The monoisotopic (exact) mass is 429 g/mol. The number of aromatic amines is 1. The highest BCUT2D eigenvalue weighted by molar-refractivity contribution is 5.69. The van der Waals surface area contributed by atoms with Crippen LogP contribution in [0.3, 0.4) is 0 Å². The maximum atomic E-state index is 4.85. The van der Waals surface area contributed by atoms with Gasteiger partial charge in [0.1, 0.15) is 11.6 Å². The van der Waals surface area contributed by atoms with Gasteiger partial charge in [0.05, 0.1) is 0 Å². The van der Waals surface area contributed by atoms with E-state index in [1.165, 1.54) is 25.9 Å². The first-order valence-corrected chi connectivity index (χ1v) is 11.5. The molecule has 0 unspecified atom stereocenters. The highest BCUT2D eigenvalue weighted by Gasteiger charge is 2.34. The lowest BCUT2D eigenvalue weighted by atomic mass is 9.96. The van der Waals surface area contributed by atoms with E-state index in [9.17, 15) is 0 Å². The molecule has 2 N–H and O–H groups in total. The summed E-state index contributed by atoms with van der Waals surface area (Å²) in [5, 5.41) is 10.6. The summed E-state index contributed by atoms with van der Waals surface area (Å²) >= 11 is 0. The fourth-order valence-electron chi connectivity index (χ4n) is 4.37. The number of H-pyrrole nitrogens is 1. The molecule has 0 saturated carbocycles. The van der Waals surface area contributed by atoms with Crippen molar-refractivity contribution >= 4 is 29.6 Å². The molecule has 32 heavy (non-hydrogen) atoms. The van der Waals surface area contributed by atoms with Crippen LogP contribution >= 0.6 is 0 Å². The molecule has 0 bridgehead atoms.